The molecule has 0 radical (unpaired) electrons. The largest absolute Gasteiger partial charge is 0.495 e. The molecule has 0 bridgehead atoms. The number of para-hydroxylation sites is 4. The van der Waals surface area contributed by atoms with Gasteiger partial charge >= 0.3 is 0 Å². The number of carbonyl (C=O) groups is 1. The summed E-state index contributed by atoms with van der Waals surface area (Å²) in [6.45, 7) is 3.78. The summed E-state index contributed by atoms with van der Waals surface area (Å²) in [6.07, 6.45) is 0. The molecule has 1 fully saturated rings. The smallest absolute Gasteiger partial charge is 0.262 e. The van der Waals surface area contributed by atoms with Gasteiger partial charge in [-0.3, -0.25) is 14.2 Å². The molecule has 48 heavy (non-hydrogen) atoms. The molecule has 1 amide bonds. The molecule has 0 aliphatic carbocycles. The SMILES string of the molecule is CCOc1ccc(S(=O)(=O)Nc2ccccc2OCC(=O)Nc2cc(S(=O)(=O)Nc3ccccc3OC)ccc2N2CCOCC2)cc1. The average molecular weight is 697 g/mol. The molecule has 254 valence electrons. The lowest BCUT2D eigenvalue weighted by molar-refractivity contribution is -0.118. The molecule has 1 aliphatic rings. The Labute approximate surface area is 279 Å². The highest BCUT2D eigenvalue weighted by atomic mass is 32.2. The van der Waals surface area contributed by atoms with E-state index in [0.29, 0.717) is 50.1 Å². The summed E-state index contributed by atoms with van der Waals surface area (Å²) >= 11 is 0. The van der Waals surface area contributed by atoms with Crippen LogP contribution in [0.25, 0.3) is 0 Å². The quantitative estimate of drug-likeness (QED) is 0.171. The van der Waals surface area contributed by atoms with Crippen LogP contribution in [0.5, 0.6) is 17.2 Å². The van der Waals surface area contributed by atoms with Crippen LogP contribution >= 0.6 is 0 Å². The van der Waals surface area contributed by atoms with Gasteiger partial charge in [0.2, 0.25) is 0 Å². The van der Waals surface area contributed by atoms with E-state index in [1.54, 1.807) is 54.6 Å². The van der Waals surface area contributed by atoms with Crippen molar-refractivity contribution in [2.24, 2.45) is 0 Å². The first-order valence-corrected chi connectivity index (χ1v) is 18.0. The minimum absolute atomic E-state index is 0.0178. The van der Waals surface area contributed by atoms with Crippen molar-refractivity contribution in [2.75, 3.05) is 66.3 Å². The fourth-order valence-corrected chi connectivity index (χ4v) is 7.05. The minimum Gasteiger partial charge on any atom is -0.495 e. The van der Waals surface area contributed by atoms with Gasteiger partial charge in [-0.05, 0) is 73.7 Å². The minimum atomic E-state index is -4.09. The van der Waals surface area contributed by atoms with Gasteiger partial charge in [0.25, 0.3) is 26.0 Å². The number of hydrogen-bond donors (Lipinski definition) is 3. The van der Waals surface area contributed by atoms with Gasteiger partial charge in [-0.2, -0.15) is 0 Å². The summed E-state index contributed by atoms with van der Waals surface area (Å²) in [4.78, 5) is 15.2. The number of rotatable bonds is 14. The number of methoxy groups -OCH3 is 1. The van der Waals surface area contributed by atoms with Crippen molar-refractivity contribution >= 4 is 48.7 Å². The van der Waals surface area contributed by atoms with Gasteiger partial charge in [-0.1, -0.05) is 24.3 Å². The third kappa shape index (κ3) is 8.48. The zero-order valence-electron chi connectivity index (χ0n) is 26.3. The Morgan fingerprint density at radius 3 is 1.98 bits per heavy atom. The number of anilines is 4. The van der Waals surface area contributed by atoms with E-state index in [9.17, 15) is 21.6 Å². The Morgan fingerprint density at radius 2 is 1.33 bits per heavy atom. The fourth-order valence-electron chi connectivity index (χ4n) is 4.89. The molecule has 4 aromatic carbocycles. The van der Waals surface area contributed by atoms with Gasteiger partial charge in [0.15, 0.2) is 6.61 Å². The Balaban J connectivity index is 1.33. The Hall–Kier alpha value is -4.99. The van der Waals surface area contributed by atoms with Crippen molar-refractivity contribution in [3.63, 3.8) is 0 Å². The van der Waals surface area contributed by atoms with Crippen LogP contribution in [0.2, 0.25) is 0 Å². The molecule has 1 heterocycles. The third-order valence-electron chi connectivity index (χ3n) is 7.19. The molecule has 13 nitrogen and oxygen atoms in total. The molecular formula is C33H36N4O9S2. The molecule has 0 spiro atoms. The van der Waals surface area contributed by atoms with Gasteiger partial charge in [-0.25, -0.2) is 16.8 Å². The maximum atomic E-state index is 13.4. The topological polar surface area (TPSA) is 162 Å². The molecule has 0 saturated carbocycles. The molecule has 0 aromatic heterocycles. The maximum Gasteiger partial charge on any atom is 0.262 e. The fraction of sp³-hybridized carbons (Fsp3) is 0.242. The van der Waals surface area contributed by atoms with Gasteiger partial charge < -0.3 is 29.2 Å². The van der Waals surface area contributed by atoms with E-state index in [1.807, 2.05) is 11.8 Å². The first kappa shape index (κ1) is 34.3. The Morgan fingerprint density at radius 1 is 0.750 bits per heavy atom. The summed E-state index contributed by atoms with van der Waals surface area (Å²) in [5.41, 5.74) is 1.24. The van der Waals surface area contributed by atoms with E-state index in [0.717, 1.165) is 0 Å². The second-order valence-corrected chi connectivity index (χ2v) is 13.8. The number of nitrogens with one attached hydrogen (secondary N) is 3. The summed E-state index contributed by atoms with van der Waals surface area (Å²) in [6, 6.07) is 23.4. The summed E-state index contributed by atoms with van der Waals surface area (Å²) in [5, 5.41) is 2.77. The molecule has 0 unspecified atom stereocenters. The van der Waals surface area contributed by atoms with Crippen molar-refractivity contribution < 1.29 is 40.6 Å². The molecule has 5 rings (SSSR count). The van der Waals surface area contributed by atoms with Crippen molar-refractivity contribution in [1.82, 2.24) is 0 Å². The van der Waals surface area contributed by atoms with Crippen LogP contribution in [0.3, 0.4) is 0 Å². The second-order valence-electron chi connectivity index (χ2n) is 10.4. The lowest BCUT2D eigenvalue weighted by atomic mass is 10.2. The lowest BCUT2D eigenvalue weighted by Gasteiger charge is -2.30. The zero-order chi connectivity index (χ0) is 34.1. The van der Waals surface area contributed by atoms with Gasteiger partial charge in [0, 0.05) is 13.1 Å². The monoisotopic (exact) mass is 696 g/mol. The van der Waals surface area contributed by atoms with E-state index in [1.165, 1.54) is 43.5 Å². The average Bonchev–Trinajstić information content (AvgIpc) is 3.08. The molecule has 3 N–H and O–H groups in total. The predicted molar refractivity (Wildman–Crippen MR) is 182 cm³/mol. The maximum absolute atomic E-state index is 13.4. The van der Waals surface area contributed by atoms with E-state index >= 15 is 0 Å². The number of morpholine rings is 1. The number of amides is 1. The molecule has 4 aromatic rings. The highest BCUT2D eigenvalue weighted by Crippen LogP contribution is 2.33. The molecule has 15 heteroatoms. The summed E-state index contributed by atoms with van der Waals surface area (Å²) < 4.78 is 79.9. The number of carbonyl (C=O) groups excluding carboxylic acids is 1. The highest BCUT2D eigenvalue weighted by molar-refractivity contribution is 7.93. The predicted octanol–water partition coefficient (Wildman–Crippen LogP) is 4.55. The van der Waals surface area contributed by atoms with Crippen LogP contribution in [-0.2, 0) is 29.6 Å². The molecular weight excluding hydrogens is 661 g/mol. The number of nitrogens with zero attached hydrogens (tertiary/aromatic N) is 1. The Kier molecular flexibility index (Phi) is 10.9. The number of ether oxygens (including phenoxy) is 4. The van der Waals surface area contributed by atoms with Crippen molar-refractivity contribution in [3.8, 4) is 17.2 Å². The molecule has 0 atom stereocenters. The molecule has 1 saturated heterocycles. The standard InChI is InChI=1S/C33H36N4O9S2/c1-3-45-24-12-14-25(15-13-24)47(39,40)36-28-9-5-7-11-32(28)46-23-33(38)34-29-22-26(16-17-30(29)37-18-20-44-21-19-37)48(41,42)35-27-8-4-6-10-31(27)43-2/h4-17,22,35-36H,3,18-21,23H2,1-2H3,(H,34,38). The van der Waals surface area contributed by atoms with Crippen LogP contribution in [0.4, 0.5) is 22.7 Å². The zero-order valence-corrected chi connectivity index (χ0v) is 28.0. The van der Waals surface area contributed by atoms with Gasteiger partial charge in [0.05, 0.1) is 59.5 Å². The first-order valence-electron chi connectivity index (χ1n) is 15.0. The van der Waals surface area contributed by atoms with E-state index < -0.39 is 32.6 Å². The van der Waals surface area contributed by atoms with Gasteiger partial charge in [0.1, 0.15) is 17.2 Å². The lowest BCUT2D eigenvalue weighted by Crippen LogP contribution is -2.37. The number of hydrogen-bond acceptors (Lipinski definition) is 10. The normalized spacial score (nSPS) is 13.3. The third-order valence-corrected chi connectivity index (χ3v) is 9.94. The van der Waals surface area contributed by atoms with Crippen LogP contribution < -0.4 is 33.9 Å². The number of sulfonamides is 2. The van der Waals surface area contributed by atoms with Gasteiger partial charge in [-0.15, -0.1) is 0 Å². The second kappa shape index (κ2) is 15.3. The van der Waals surface area contributed by atoms with Crippen molar-refractivity contribution in [1.29, 1.82) is 0 Å². The van der Waals surface area contributed by atoms with Crippen molar-refractivity contribution in [2.45, 2.75) is 16.7 Å². The van der Waals surface area contributed by atoms with E-state index in [2.05, 4.69) is 14.8 Å². The summed E-state index contributed by atoms with van der Waals surface area (Å²) in [7, 11) is -6.64. The molecule has 1 aliphatic heterocycles. The summed E-state index contributed by atoms with van der Waals surface area (Å²) in [5.74, 6) is 0.409. The van der Waals surface area contributed by atoms with Crippen molar-refractivity contribution in [3.05, 3.63) is 91.0 Å². The van der Waals surface area contributed by atoms with E-state index in [-0.39, 0.29) is 32.6 Å². The van der Waals surface area contributed by atoms with E-state index in [4.69, 9.17) is 18.9 Å². The first-order chi connectivity index (χ1) is 23.1. The van der Waals surface area contributed by atoms with Crippen LogP contribution in [0, 0.1) is 0 Å². The van der Waals surface area contributed by atoms with Crippen LogP contribution in [0.1, 0.15) is 6.92 Å². The number of benzene rings is 4. The van der Waals surface area contributed by atoms with Crippen LogP contribution in [0.15, 0.2) is 101 Å². The Bertz CT molecular complexity index is 1950. The van der Waals surface area contributed by atoms with Crippen LogP contribution in [-0.4, -0.2) is 69.4 Å². The highest BCUT2D eigenvalue weighted by Gasteiger charge is 2.23.